The summed E-state index contributed by atoms with van der Waals surface area (Å²) in [4.78, 5) is 0. The molecule has 0 rings (SSSR count). The molecule has 0 aromatic rings. The minimum atomic E-state index is -0.374. The van der Waals surface area contributed by atoms with Gasteiger partial charge in [-0.15, -0.1) is 0 Å². The SMILES string of the molecule is [CH2]C(CSC#N)(CSC#N)CSC#N. The molecular formula is C8H8N3S3. The van der Waals surface area contributed by atoms with Crippen LogP contribution in [0.4, 0.5) is 0 Å². The smallest absolute Gasteiger partial charge is 0.133 e. The van der Waals surface area contributed by atoms with Crippen molar-refractivity contribution >= 4 is 35.3 Å². The molecule has 0 N–H and O–H groups in total. The van der Waals surface area contributed by atoms with Crippen LogP contribution >= 0.6 is 35.3 Å². The highest BCUT2D eigenvalue weighted by atomic mass is 32.2. The van der Waals surface area contributed by atoms with E-state index in [4.69, 9.17) is 15.8 Å². The second kappa shape index (κ2) is 7.88. The summed E-state index contributed by atoms with van der Waals surface area (Å²) in [6.07, 6.45) is 0. The van der Waals surface area contributed by atoms with Crippen LogP contribution in [0, 0.1) is 44.3 Å². The van der Waals surface area contributed by atoms with E-state index in [1.165, 1.54) is 0 Å². The van der Waals surface area contributed by atoms with E-state index >= 15 is 0 Å². The Balaban J connectivity index is 4.13. The van der Waals surface area contributed by atoms with Gasteiger partial charge in [0.25, 0.3) is 0 Å². The number of nitrogens with zero attached hydrogens (tertiary/aromatic N) is 3. The second-order valence-electron chi connectivity index (χ2n) is 2.64. The van der Waals surface area contributed by atoms with E-state index < -0.39 is 0 Å². The molecule has 1 radical (unpaired) electrons. The summed E-state index contributed by atoms with van der Waals surface area (Å²) in [7, 11) is 0. The molecule has 0 aliphatic heterocycles. The lowest BCUT2D eigenvalue weighted by atomic mass is 9.99. The highest BCUT2D eigenvalue weighted by Gasteiger charge is 2.25. The fourth-order valence-electron chi connectivity index (χ4n) is 0.681. The number of hydrogen-bond donors (Lipinski definition) is 0. The molecule has 3 nitrogen and oxygen atoms in total. The van der Waals surface area contributed by atoms with Crippen molar-refractivity contribution in [3.05, 3.63) is 6.92 Å². The van der Waals surface area contributed by atoms with Crippen molar-refractivity contribution in [2.75, 3.05) is 17.3 Å². The highest BCUT2D eigenvalue weighted by Crippen LogP contribution is 2.29. The van der Waals surface area contributed by atoms with Gasteiger partial charge >= 0.3 is 0 Å². The third-order valence-electron chi connectivity index (χ3n) is 1.33. The molecule has 0 amide bonds. The van der Waals surface area contributed by atoms with E-state index in [0.29, 0.717) is 17.3 Å². The summed E-state index contributed by atoms with van der Waals surface area (Å²) in [5, 5.41) is 31.2. The van der Waals surface area contributed by atoms with Gasteiger partial charge in [-0.3, -0.25) is 0 Å². The molecule has 0 aliphatic carbocycles. The van der Waals surface area contributed by atoms with E-state index in [0.717, 1.165) is 35.3 Å². The van der Waals surface area contributed by atoms with E-state index in [-0.39, 0.29) is 5.41 Å². The van der Waals surface area contributed by atoms with E-state index in [1.807, 2.05) is 16.2 Å². The number of thiocyanates is 3. The topological polar surface area (TPSA) is 71.4 Å². The molecule has 0 aromatic heterocycles. The lowest BCUT2D eigenvalue weighted by Gasteiger charge is -2.24. The summed E-state index contributed by atoms with van der Waals surface area (Å²) >= 11 is 3.34. The van der Waals surface area contributed by atoms with Crippen molar-refractivity contribution in [3.63, 3.8) is 0 Å². The van der Waals surface area contributed by atoms with Crippen LogP contribution in [0.3, 0.4) is 0 Å². The van der Waals surface area contributed by atoms with Crippen LogP contribution in [0.15, 0.2) is 0 Å². The van der Waals surface area contributed by atoms with Crippen LogP contribution in [0.25, 0.3) is 0 Å². The van der Waals surface area contributed by atoms with Crippen molar-refractivity contribution in [1.29, 1.82) is 15.8 Å². The van der Waals surface area contributed by atoms with Gasteiger partial charge in [0, 0.05) is 22.7 Å². The molecule has 0 heterocycles. The first-order chi connectivity index (χ1) is 6.68. The summed E-state index contributed by atoms with van der Waals surface area (Å²) in [6.45, 7) is 3.97. The van der Waals surface area contributed by atoms with Gasteiger partial charge in [0.2, 0.25) is 0 Å². The zero-order valence-corrected chi connectivity index (χ0v) is 9.84. The van der Waals surface area contributed by atoms with Crippen LogP contribution < -0.4 is 0 Å². The van der Waals surface area contributed by atoms with Gasteiger partial charge in [0.15, 0.2) is 0 Å². The molecule has 0 unspecified atom stereocenters. The fourth-order valence-corrected chi connectivity index (χ4v) is 2.79. The average Bonchev–Trinajstić information content (AvgIpc) is 2.21. The number of hydrogen-bond acceptors (Lipinski definition) is 6. The standard InChI is InChI=1S/C8H8N3S3/c1-8(2-12-5-9,3-13-6-10)4-14-7-11/h1-4H2. The number of nitriles is 3. The van der Waals surface area contributed by atoms with Crippen molar-refractivity contribution in [3.8, 4) is 16.2 Å². The predicted molar refractivity (Wildman–Crippen MR) is 62.0 cm³/mol. The normalized spacial score (nSPS) is 9.86. The van der Waals surface area contributed by atoms with E-state index in [1.54, 1.807) is 0 Å². The van der Waals surface area contributed by atoms with Crippen LogP contribution in [0.2, 0.25) is 0 Å². The molecule has 0 saturated carbocycles. The monoisotopic (exact) mass is 242 g/mol. The summed E-state index contributed by atoms with van der Waals surface area (Å²) in [6, 6.07) is 0. The largest absolute Gasteiger partial charge is 0.185 e. The molecule has 0 saturated heterocycles. The molecular weight excluding hydrogens is 234 g/mol. The van der Waals surface area contributed by atoms with Crippen molar-refractivity contribution < 1.29 is 0 Å². The Morgan fingerprint density at radius 2 is 1.14 bits per heavy atom. The molecule has 0 atom stereocenters. The van der Waals surface area contributed by atoms with Crippen LogP contribution in [-0.4, -0.2) is 17.3 Å². The Hall–Kier alpha value is -0.480. The summed E-state index contributed by atoms with van der Waals surface area (Å²) in [5.74, 6) is 1.65. The van der Waals surface area contributed by atoms with Crippen LogP contribution in [0.1, 0.15) is 0 Å². The molecule has 0 fully saturated rings. The summed E-state index contributed by atoms with van der Waals surface area (Å²) < 4.78 is 0. The molecule has 14 heavy (non-hydrogen) atoms. The number of rotatable bonds is 6. The van der Waals surface area contributed by atoms with E-state index in [9.17, 15) is 0 Å². The third-order valence-corrected chi connectivity index (χ3v) is 3.99. The molecule has 0 spiro atoms. The fraction of sp³-hybridized carbons (Fsp3) is 0.500. The molecule has 73 valence electrons. The minimum Gasteiger partial charge on any atom is -0.185 e. The van der Waals surface area contributed by atoms with Gasteiger partial charge < -0.3 is 0 Å². The third kappa shape index (κ3) is 6.05. The van der Waals surface area contributed by atoms with Gasteiger partial charge in [-0.05, 0) is 42.2 Å². The van der Waals surface area contributed by atoms with Gasteiger partial charge in [0.1, 0.15) is 16.2 Å². The Kier molecular flexibility index (Phi) is 7.61. The van der Waals surface area contributed by atoms with Gasteiger partial charge in [-0.2, -0.15) is 15.8 Å². The predicted octanol–water partition coefficient (Wildman–Crippen LogP) is 2.45. The van der Waals surface area contributed by atoms with Gasteiger partial charge in [-0.25, -0.2) is 0 Å². The number of thioether (sulfide) groups is 3. The van der Waals surface area contributed by atoms with E-state index in [2.05, 4.69) is 6.92 Å². The molecule has 0 aromatic carbocycles. The first-order valence-corrected chi connectivity index (χ1v) is 6.52. The maximum atomic E-state index is 8.42. The Labute approximate surface area is 96.8 Å². The molecule has 0 bridgehead atoms. The zero-order valence-electron chi connectivity index (χ0n) is 7.39. The van der Waals surface area contributed by atoms with Crippen molar-refractivity contribution in [1.82, 2.24) is 0 Å². The average molecular weight is 242 g/mol. The Morgan fingerprint density at radius 3 is 1.36 bits per heavy atom. The highest BCUT2D eigenvalue weighted by molar-refractivity contribution is 8.05. The first-order valence-electron chi connectivity index (χ1n) is 3.56. The minimum absolute atomic E-state index is 0.374. The summed E-state index contributed by atoms with van der Waals surface area (Å²) in [5.41, 5.74) is -0.374. The second-order valence-corrected chi connectivity index (χ2v) is 4.92. The van der Waals surface area contributed by atoms with Crippen molar-refractivity contribution in [2.45, 2.75) is 0 Å². The van der Waals surface area contributed by atoms with Crippen LogP contribution in [0.5, 0.6) is 0 Å². The van der Waals surface area contributed by atoms with Crippen LogP contribution in [-0.2, 0) is 0 Å². The first kappa shape index (κ1) is 13.5. The quantitative estimate of drug-likeness (QED) is 0.666. The lowest BCUT2D eigenvalue weighted by molar-refractivity contribution is 0.579. The van der Waals surface area contributed by atoms with Gasteiger partial charge in [-0.1, -0.05) is 0 Å². The maximum Gasteiger partial charge on any atom is 0.133 e. The van der Waals surface area contributed by atoms with Gasteiger partial charge in [0.05, 0.1) is 0 Å². The molecule has 6 heteroatoms. The Bertz CT molecular complexity index is 238. The van der Waals surface area contributed by atoms with Crippen molar-refractivity contribution in [2.24, 2.45) is 5.41 Å². The molecule has 0 aliphatic rings. The zero-order chi connectivity index (χ0) is 10.9. The Morgan fingerprint density at radius 1 is 0.857 bits per heavy atom. The maximum absolute atomic E-state index is 8.42. The lowest BCUT2D eigenvalue weighted by Crippen LogP contribution is -2.25.